The highest BCUT2D eigenvalue weighted by atomic mass is 16.5. The van der Waals surface area contributed by atoms with Crippen LogP contribution in [0.15, 0.2) is 84.9 Å². The van der Waals surface area contributed by atoms with E-state index < -0.39 is 12.1 Å². The number of hydrogen-bond acceptors (Lipinski definition) is 3. The molecular formula is C20H16O4. The van der Waals surface area contributed by atoms with Gasteiger partial charge >= 0.3 is 5.97 Å². The average Bonchev–Trinajstić information content (AvgIpc) is 2.62. The van der Waals surface area contributed by atoms with Crippen LogP contribution >= 0.6 is 0 Å². The molecule has 0 unspecified atom stereocenters. The van der Waals surface area contributed by atoms with Gasteiger partial charge in [0.2, 0.25) is 6.10 Å². The summed E-state index contributed by atoms with van der Waals surface area (Å²) in [5.41, 5.74) is 0.548. The summed E-state index contributed by atoms with van der Waals surface area (Å²) in [4.78, 5) is 11.5. The molecule has 0 fully saturated rings. The van der Waals surface area contributed by atoms with Gasteiger partial charge in [-0.05, 0) is 36.4 Å². The summed E-state index contributed by atoms with van der Waals surface area (Å²) in [5.74, 6) is 0.819. The van der Waals surface area contributed by atoms with Crippen molar-refractivity contribution in [3.8, 4) is 17.2 Å². The van der Waals surface area contributed by atoms with E-state index in [1.165, 1.54) is 0 Å². The molecule has 3 rings (SSSR count). The van der Waals surface area contributed by atoms with Gasteiger partial charge in [-0.2, -0.15) is 0 Å². The smallest absolute Gasteiger partial charge is 0.349 e. The number of benzene rings is 3. The highest BCUT2D eigenvalue weighted by Gasteiger charge is 2.21. The van der Waals surface area contributed by atoms with Crippen LogP contribution in [0.5, 0.6) is 17.2 Å². The third-order valence-electron chi connectivity index (χ3n) is 3.38. The summed E-state index contributed by atoms with van der Waals surface area (Å²) >= 11 is 0. The lowest BCUT2D eigenvalue weighted by Gasteiger charge is -2.16. The number of carbonyl (C=O) groups is 1. The van der Waals surface area contributed by atoms with Crippen LogP contribution < -0.4 is 9.47 Å². The minimum absolute atomic E-state index is 0.509. The van der Waals surface area contributed by atoms with Gasteiger partial charge in [0.05, 0.1) is 0 Å². The Morgan fingerprint density at radius 2 is 1.21 bits per heavy atom. The van der Waals surface area contributed by atoms with Crippen molar-refractivity contribution in [1.29, 1.82) is 0 Å². The normalized spacial score (nSPS) is 11.5. The Kier molecular flexibility index (Phi) is 4.77. The van der Waals surface area contributed by atoms with E-state index in [1.54, 1.807) is 48.5 Å². The molecule has 4 nitrogen and oxygen atoms in total. The summed E-state index contributed by atoms with van der Waals surface area (Å²) in [6.45, 7) is 0. The summed E-state index contributed by atoms with van der Waals surface area (Å²) in [5, 5.41) is 9.44. The zero-order chi connectivity index (χ0) is 16.8. The second kappa shape index (κ2) is 7.33. The molecule has 0 aliphatic heterocycles. The predicted molar refractivity (Wildman–Crippen MR) is 90.4 cm³/mol. The lowest BCUT2D eigenvalue weighted by Crippen LogP contribution is -2.18. The summed E-state index contributed by atoms with van der Waals surface area (Å²) in [6.07, 6.45) is -1.07. The first kappa shape index (κ1) is 15.6. The monoisotopic (exact) mass is 320 g/mol. The zero-order valence-corrected chi connectivity index (χ0v) is 12.8. The highest BCUT2D eigenvalue weighted by molar-refractivity contribution is 5.75. The van der Waals surface area contributed by atoms with E-state index in [4.69, 9.17) is 9.47 Å². The Morgan fingerprint density at radius 3 is 1.75 bits per heavy atom. The van der Waals surface area contributed by atoms with E-state index in [-0.39, 0.29) is 0 Å². The Balaban J connectivity index is 1.75. The van der Waals surface area contributed by atoms with E-state index in [2.05, 4.69) is 0 Å². The Morgan fingerprint density at radius 1 is 0.708 bits per heavy atom. The van der Waals surface area contributed by atoms with Gasteiger partial charge in [-0.25, -0.2) is 4.79 Å². The third kappa shape index (κ3) is 3.93. The van der Waals surface area contributed by atoms with E-state index in [1.807, 2.05) is 36.4 Å². The minimum Gasteiger partial charge on any atom is -0.478 e. The largest absolute Gasteiger partial charge is 0.478 e. The molecule has 1 atom stereocenters. The van der Waals surface area contributed by atoms with Gasteiger partial charge in [0, 0.05) is 5.56 Å². The fraction of sp³-hybridized carbons (Fsp3) is 0.0500. The number of para-hydroxylation sites is 2. The van der Waals surface area contributed by atoms with E-state index >= 15 is 0 Å². The molecular weight excluding hydrogens is 304 g/mol. The van der Waals surface area contributed by atoms with Crippen LogP contribution in [-0.2, 0) is 4.79 Å². The molecule has 1 N–H and O–H groups in total. The van der Waals surface area contributed by atoms with Gasteiger partial charge in [0.25, 0.3) is 0 Å². The zero-order valence-electron chi connectivity index (χ0n) is 12.8. The van der Waals surface area contributed by atoms with E-state index in [0.29, 0.717) is 17.1 Å². The number of ether oxygens (including phenoxy) is 2. The van der Waals surface area contributed by atoms with Gasteiger partial charge in [0.1, 0.15) is 17.2 Å². The standard InChI is InChI=1S/C20H16O4/c21-20(22)19(24-17-9-5-2-6-10-17)15-11-13-18(14-12-15)23-16-7-3-1-4-8-16/h1-14,19H,(H,21,22)/t19-/m1/s1. The number of aliphatic carboxylic acids is 1. The van der Waals surface area contributed by atoms with Crippen LogP contribution in [0.2, 0.25) is 0 Å². The Labute approximate surface area is 139 Å². The van der Waals surface area contributed by atoms with Crippen molar-refractivity contribution in [2.24, 2.45) is 0 Å². The van der Waals surface area contributed by atoms with Crippen molar-refractivity contribution in [2.75, 3.05) is 0 Å². The molecule has 0 aliphatic rings. The molecule has 0 bridgehead atoms. The quantitative estimate of drug-likeness (QED) is 0.716. The van der Waals surface area contributed by atoms with Gasteiger partial charge in [-0.15, -0.1) is 0 Å². The lowest BCUT2D eigenvalue weighted by molar-refractivity contribution is -0.145. The molecule has 4 heteroatoms. The molecule has 0 radical (unpaired) electrons. The first-order valence-electron chi connectivity index (χ1n) is 7.50. The molecule has 0 saturated heterocycles. The molecule has 0 saturated carbocycles. The maximum absolute atomic E-state index is 11.5. The van der Waals surface area contributed by atoms with Crippen LogP contribution in [0, 0.1) is 0 Å². The van der Waals surface area contributed by atoms with Crippen molar-refractivity contribution in [1.82, 2.24) is 0 Å². The Bertz CT molecular complexity index is 783. The van der Waals surface area contributed by atoms with Crippen molar-refractivity contribution in [3.05, 3.63) is 90.5 Å². The first-order valence-corrected chi connectivity index (χ1v) is 7.50. The van der Waals surface area contributed by atoms with Crippen LogP contribution in [0.1, 0.15) is 11.7 Å². The summed E-state index contributed by atoms with van der Waals surface area (Å²) < 4.78 is 11.3. The second-order valence-electron chi connectivity index (χ2n) is 5.13. The first-order chi connectivity index (χ1) is 11.7. The third-order valence-corrected chi connectivity index (χ3v) is 3.38. The molecule has 3 aromatic carbocycles. The lowest BCUT2D eigenvalue weighted by atomic mass is 10.1. The number of carboxylic acids is 1. The molecule has 3 aromatic rings. The van der Waals surface area contributed by atoms with Gasteiger partial charge < -0.3 is 14.6 Å². The predicted octanol–water partition coefficient (Wildman–Crippen LogP) is 4.68. The highest BCUT2D eigenvalue weighted by Crippen LogP contribution is 2.26. The second-order valence-corrected chi connectivity index (χ2v) is 5.13. The van der Waals surface area contributed by atoms with Crippen LogP contribution in [0.3, 0.4) is 0 Å². The molecule has 24 heavy (non-hydrogen) atoms. The van der Waals surface area contributed by atoms with Crippen molar-refractivity contribution in [2.45, 2.75) is 6.10 Å². The van der Waals surface area contributed by atoms with Gasteiger partial charge in [-0.3, -0.25) is 0 Å². The molecule has 120 valence electrons. The maximum atomic E-state index is 11.5. The fourth-order valence-electron chi connectivity index (χ4n) is 2.23. The molecule has 0 aromatic heterocycles. The van der Waals surface area contributed by atoms with Crippen LogP contribution in [-0.4, -0.2) is 11.1 Å². The van der Waals surface area contributed by atoms with E-state index in [9.17, 15) is 9.90 Å². The van der Waals surface area contributed by atoms with Crippen LogP contribution in [0.25, 0.3) is 0 Å². The van der Waals surface area contributed by atoms with Crippen molar-refractivity contribution in [3.63, 3.8) is 0 Å². The molecule has 0 heterocycles. The maximum Gasteiger partial charge on any atom is 0.349 e. The number of carboxylic acid groups (broad SMARTS) is 1. The van der Waals surface area contributed by atoms with Gasteiger partial charge in [0.15, 0.2) is 0 Å². The topological polar surface area (TPSA) is 55.8 Å². The minimum atomic E-state index is -1.07. The van der Waals surface area contributed by atoms with Crippen molar-refractivity contribution >= 4 is 5.97 Å². The Hall–Kier alpha value is -3.27. The summed E-state index contributed by atoms with van der Waals surface area (Å²) in [7, 11) is 0. The number of rotatable bonds is 6. The average molecular weight is 320 g/mol. The van der Waals surface area contributed by atoms with Gasteiger partial charge in [-0.1, -0.05) is 48.5 Å². The number of hydrogen-bond donors (Lipinski definition) is 1. The molecule has 0 amide bonds. The van der Waals surface area contributed by atoms with Crippen molar-refractivity contribution < 1.29 is 19.4 Å². The van der Waals surface area contributed by atoms with Crippen LogP contribution in [0.4, 0.5) is 0 Å². The van der Waals surface area contributed by atoms with E-state index in [0.717, 1.165) is 5.75 Å². The summed E-state index contributed by atoms with van der Waals surface area (Å²) in [6, 6.07) is 25.1. The SMILES string of the molecule is O=C(O)[C@H](Oc1ccccc1)c1ccc(Oc2ccccc2)cc1. The fourth-order valence-corrected chi connectivity index (χ4v) is 2.23. The molecule has 0 aliphatic carbocycles. The molecule has 0 spiro atoms.